The van der Waals surface area contributed by atoms with Crippen LogP contribution >= 0.6 is 0 Å². The maximum atomic E-state index is 10.2. The molecule has 0 saturated carbocycles. The maximum absolute atomic E-state index is 10.2. The van der Waals surface area contributed by atoms with Gasteiger partial charge in [-0.05, 0) is 18.2 Å². The van der Waals surface area contributed by atoms with E-state index in [2.05, 4.69) is 4.98 Å². The van der Waals surface area contributed by atoms with Gasteiger partial charge in [-0.2, -0.15) is 0 Å². The number of benzene rings is 2. The SMILES string of the molecule is Oc1cc(O)c2cc(O)c(-c3ccc4ocnc4c3)[o+]c2c1. The summed E-state index contributed by atoms with van der Waals surface area (Å²) in [6.45, 7) is 0. The summed E-state index contributed by atoms with van der Waals surface area (Å²) in [4.78, 5) is 4.06. The fraction of sp³-hybridized carbons (Fsp3) is 0. The molecule has 0 aliphatic heterocycles. The Labute approximate surface area is 123 Å². The van der Waals surface area contributed by atoms with Crippen LogP contribution in [0.2, 0.25) is 0 Å². The Hall–Kier alpha value is -3.28. The van der Waals surface area contributed by atoms with Crippen LogP contribution in [0.15, 0.2) is 51.6 Å². The molecule has 2 heterocycles. The topological polar surface area (TPSA) is 98.0 Å². The Morgan fingerprint density at radius 1 is 0.955 bits per heavy atom. The summed E-state index contributed by atoms with van der Waals surface area (Å²) in [5, 5.41) is 29.8. The molecule has 0 atom stereocenters. The minimum atomic E-state index is -0.174. The van der Waals surface area contributed by atoms with Gasteiger partial charge in [0.1, 0.15) is 22.4 Å². The molecular weight excluding hydrogens is 286 g/mol. The first-order valence-corrected chi connectivity index (χ1v) is 6.47. The van der Waals surface area contributed by atoms with Crippen molar-refractivity contribution in [2.45, 2.75) is 0 Å². The standard InChI is InChI=1S/C16H9NO5/c18-9-4-12(19)10-6-13(20)16(22-15(10)5-9)8-1-2-14-11(3-8)17-7-21-14/h1-7H,(H2-,17,18,19,20)/p+1. The van der Waals surface area contributed by atoms with E-state index in [1.807, 2.05) is 0 Å². The van der Waals surface area contributed by atoms with Gasteiger partial charge < -0.3 is 19.7 Å². The summed E-state index contributed by atoms with van der Waals surface area (Å²) in [6.07, 6.45) is 1.34. The number of oxazole rings is 1. The molecule has 108 valence electrons. The van der Waals surface area contributed by atoms with E-state index in [1.165, 1.54) is 24.6 Å². The number of phenols is 2. The maximum Gasteiger partial charge on any atom is 0.402 e. The first-order chi connectivity index (χ1) is 10.6. The zero-order valence-electron chi connectivity index (χ0n) is 11.1. The van der Waals surface area contributed by atoms with Gasteiger partial charge in [0.05, 0.1) is 11.6 Å². The molecule has 0 aliphatic rings. The minimum Gasteiger partial charge on any atom is -0.507 e. The van der Waals surface area contributed by atoms with Gasteiger partial charge in [-0.1, -0.05) is 0 Å². The second kappa shape index (κ2) is 4.36. The average Bonchev–Trinajstić information content (AvgIpc) is 2.95. The van der Waals surface area contributed by atoms with Crippen molar-refractivity contribution in [2.24, 2.45) is 0 Å². The molecule has 22 heavy (non-hydrogen) atoms. The van der Waals surface area contributed by atoms with E-state index in [9.17, 15) is 15.3 Å². The van der Waals surface area contributed by atoms with Gasteiger partial charge in [-0.25, -0.2) is 9.40 Å². The van der Waals surface area contributed by atoms with Crippen LogP contribution in [0.1, 0.15) is 0 Å². The smallest absolute Gasteiger partial charge is 0.402 e. The molecule has 0 aliphatic carbocycles. The third-order valence-electron chi connectivity index (χ3n) is 3.42. The van der Waals surface area contributed by atoms with E-state index < -0.39 is 0 Å². The van der Waals surface area contributed by atoms with E-state index in [0.29, 0.717) is 22.0 Å². The molecule has 3 N–H and O–H groups in total. The van der Waals surface area contributed by atoms with Crippen molar-refractivity contribution in [2.75, 3.05) is 0 Å². The monoisotopic (exact) mass is 296 g/mol. The normalized spacial score (nSPS) is 11.3. The third-order valence-corrected chi connectivity index (χ3v) is 3.42. The lowest BCUT2D eigenvalue weighted by molar-refractivity contribution is 0.441. The molecule has 0 unspecified atom stereocenters. The predicted molar refractivity (Wildman–Crippen MR) is 78.6 cm³/mol. The van der Waals surface area contributed by atoms with E-state index >= 15 is 0 Å². The van der Waals surface area contributed by atoms with Crippen molar-refractivity contribution >= 4 is 22.1 Å². The Kier molecular flexibility index (Phi) is 2.47. The molecule has 4 rings (SSSR count). The fourth-order valence-electron chi connectivity index (χ4n) is 2.40. The van der Waals surface area contributed by atoms with Crippen LogP contribution in [0, 0.1) is 0 Å². The molecule has 6 nitrogen and oxygen atoms in total. The van der Waals surface area contributed by atoms with E-state index in [4.69, 9.17) is 8.83 Å². The highest BCUT2D eigenvalue weighted by molar-refractivity contribution is 5.89. The summed E-state index contributed by atoms with van der Waals surface area (Å²) in [7, 11) is 0. The Balaban J connectivity index is 1.99. The Bertz CT molecular complexity index is 1020. The molecule has 2 aromatic heterocycles. The van der Waals surface area contributed by atoms with Gasteiger partial charge in [0.15, 0.2) is 12.0 Å². The predicted octanol–water partition coefficient (Wildman–Crippen LogP) is 3.64. The number of hydrogen-bond acceptors (Lipinski definition) is 5. The lowest BCUT2D eigenvalue weighted by Crippen LogP contribution is -1.83. The summed E-state index contributed by atoms with van der Waals surface area (Å²) < 4.78 is 10.8. The molecule has 0 fully saturated rings. The molecule has 2 aromatic carbocycles. The number of aromatic hydroxyl groups is 3. The molecule has 0 bridgehead atoms. The van der Waals surface area contributed by atoms with Crippen LogP contribution in [0.5, 0.6) is 17.2 Å². The minimum absolute atomic E-state index is 0.127. The summed E-state index contributed by atoms with van der Waals surface area (Å²) >= 11 is 0. The molecule has 0 saturated heterocycles. The number of fused-ring (bicyclic) bond motifs is 2. The lowest BCUT2D eigenvalue weighted by atomic mass is 10.1. The lowest BCUT2D eigenvalue weighted by Gasteiger charge is -1.99. The van der Waals surface area contributed by atoms with E-state index in [1.54, 1.807) is 18.2 Å². The van der Waals surface area contributed by atoms with Gasteiger partial charge in [0.25, 0.3) is 0 Å². The fourth-order valence-corrected chi connectivity index (χ4v) is 2.40. The third kappa shape index (κ3) is 1.81. The van der Waals surface area contributed by atoms with Gasteiger partial charge in [0, 0.05) is 12.1 Å². The average molecular weight is 296 g/mol. The van der Waals surface area contributed by atoms with Crippen LogP contribution in [0.25, 0.3) is 33.4 Å². The molecule has 6 heteroatoms. The van der Waals surface area contributed by atoms with Crippen LogP contribution < -0.4 is 0 Å². The van der Waals surface area contributed by atoms with E-state index in [0.717, 1.165) is 0 Å². The van der Waals surface area contributed by atoms with Crippen LogP contribution in [-0.4, -0.2) is 20.3 Å². The molecule has 0 spiro atoms. The first-order valence-electron chi connectivity index (χ1n) is 6.47. The van der Waals surface area contributed by atoms with Crippen molar-refractivity contribution in [3.05, 3.63) is 42.8 Å². The molecule has 4 aromatic rings. The number of phenolic OH excluding ortho intramolecular Hbond substituents is 2. The Morgan fingerprint density at radius 3 is 2.68 bits per heavy atom. The number of rotatable bonds is 1. The summed E-state index contributed by atoms with van der Waals surface area (Å²) in [6, 6.07) is 9.09. The molecule has 0 amide bonds. The van der Waals surface area contributed by atoms with Crippen molar-refractivity contribution in [1.29, 1.82) is 0 Å². The van der Waals surface area contributed by atoms with Crippen LogP contribution in [-0.2, 0) is 0 Å². The Morgan fingerprint density at radius 2 is 1.82 bits per heavy atom. The quantitative estimate of drug-likeness (QED) is 0.464. The van der Waals surface area contributed by atoms with Crippen molar-refractivity contribution < 1.29 is 24.2 Å². The van der Waals surface area contributed by atoms with Crippen molar-refractivity contribution in [3.8, 4) is 28.6 Å². The first kappa shape index (κ1) is 12.5. The number of aromatic nitrogens is 1. The van der Waals surface area contributed by atoms with Crippen LogP contribution in [0.4, 0.5) is 0 Å². The van der Waals surface area contributed by atoms with Gasteiger partial charge in [-0.3, -0.25) is 0 Å². The number of hydrogen-bond donors (Lipinski definition) is 3. The highest BCUT2D eigenvalue weighted by Gasteiger charge is 2.24. The van der Waals surface area contributed by atoms with Crippen molar-refractivity contribution in [3.63, 3.8) is 0 Å². The van der Waals surface area contributed by atoms with Gasteiger partial charge in [-0.15, -0.1) is 0 Å². The van der Waals surface area contributed by atoms with Gasteiger partial charge in [0.2, 0.25) is 5.75 Å². The largest absolute Gasteiger partial charge is 0.507 e. The summed E-state index contributed by atoms with van der Waals surface area (Å²) in [5.41, 5.74) is 2.11. The van der Waals surface area contributed by atoms with Crippen LogP contribution in [0.3, 0.4) is 0 Å². The highest BCUT2D eigenvalue weighted by atomic mass is 16.4. The van der Waals surface area contributed by atoms with Gasteiger partial charge >= 0.3 is 11.3 Å². The summed E-state index contributed by atoms with van der Waals surface area (Å²) in [5.74, 6) is -0.219. The van der Waals surface area contributed by atoms with E-state index in [-0.39, 0.29) is 28.6 Å². The molecule has 0 radical (unpaired) electrons. The van der Waals surface area contributed by atoms with Crippen molar-refractivity contribution in [1.82, 2.24) is 4.98 Å². The number of nitrogens with zero attached hydrogens (tertiary/aromatic N) is 1. The zero-order valence-corrected chi connectivity index (χ0v) is 11.1. The second-order valence-electron chi connectivity index (χ2n) is 4.87. The second-order valence-corrected chi connectivity index (χ2v) is 4.87. The molecular formula is C16H10NO5+. The highest BCUT2D eigenvalue weighted by Crippen LogP contribution is 2.38. The zero-order chi connectivity index (χ0) is 15.3.